The van der Waals surface area contributed by atoms with Gasteiger partial charge in [0.05, 0.1) is 5.71 Å². The van der Waals surface area contributed by atoms with Crippen molar-refractivity contribution in [3.8, 4) is 5.75 Å². The van der Waals surface area contributed by atoms with E-state index in [0.717, 1.165) is 22.6 Å². The maximum atomic E-state index is 6.06. The normalized spacial score (nSPS) is 18.7. The molecular formula is C16H16N4O. The molecule has 0 aromatic heterocycles. The summed E-state index contributed by atoms with van der Waals surface area (Å²) in [5.74, 6) is 0.741. The largest absolute Gasteiger partial charge is 0.485 e. The van der Waals surface area contributed by atoms with Crippen molar-refractivity contribution in [3.05, 3.63) is 65.7 Å². The van der Waals surface area contributed by atoms with E-state index in [0.29, 0.717) is 6.42 Å². The molecule has 4 N–H and O–H groups in total. The molecule has 0 fully saturated rings. The van der Waals surface area contributed by atoms with Gasteiger partial charge in [0.25, 0.3) is 0 Å². The average molecular weight is 280 g/mol. The highest BCUT2D eigenvalue weighted by Crippen LogP contribution is 2.35. The molecule has 0 amide bonds. The van der Waals surface area contributed by atoms with Crippen LogP contribution in [0.1, 0.15) is 23.7 Å². The van der Waals surface area contributed by atoms with Crippen molar-refractivity contribution in [1.29, 1.82) is 0 Å². The molecule has 2 aromatic carbocycles. The number of rotatable bonds is 2. The van der Waals surface area contributed by atoms with Crippen LogP contribution in [0.5, 0.6) is 5.75 Å². The Morgan fingerprint density at radius 2 is 1.71 bits per heavy atom. The number of ether oxygens (including phenoxy) is 1. The predicted octanol–water partition coefficient (Wildman–Crippen LogP) is 2.19. The Labute approximate surface area is 122 Å². The smallest absolute Gasteiger partial charge is 0.211 e. The van der Waals surface area contributed by atoms with Crippen LogP contribution in [0.25, 0.3) is 0 Å². The fourth-order valence-electron chi connectivity index (χ4n) is 2.35. The molecule has 1 heterocycles. The van der Waals surface area contributed by atoms with E-state index in [1.807, 2.05) is 54.6 Å². The van der Waals surface area contributed by atoms with Crippen molar-refractivity contribution in [2.75, 3.05) is 0 Å². The molecule has 0 spiro atoms. The number of para-hydroxylation sites is 1. The maximum Gasteiger partial charge on any atom is 0.211 e. The minimum absolute atomic E-state index is 0.0530. The molecule has 0 saturated heterocycles. The molecule has 21 heavy (non-hydrogen) atoms. The number of guanidine groups is 1. The van der Waals surface area contributed by atoms with Gasteiger partial charge in [-0.3, -0.25) is 0 Å². The van der Waals surface area contributed by atoms with Crippen LogP contribution < -0.4 is 16.2 Å². The van der Waals surface area contributed by atoms with E-state index in [2.05, 4.69) is 10.2 Å². The number of nitrogens with zero attached hydrogens (tertiary/aromatic N) is 2. The highest BCUT2D eigenvalue weighted by atomic mass is 16.5. The Hall–Kier alpha value is -2.82. The number of hydrogen-bond donors (Lipinski definition) is 2. The summed E-state index contributed by atoms with van der Waals surface area (Å²) >= 11 is 0. The summed E-state index contributed by atoms with van der Waals surface area (Å²) in [6.45, 7) is 0. The summed E-state index contributed by atoms with van der Waals surface area (Å²) < 4.78 is 6.06. The minimum Gasteiger partial charge on any atom is -0.485 e. The predicted molar refractivity (Wildman–Crippen MR) is 83.2 cm³/mol. The molecule has 0 radical (unpaired) electrons. The first kappa shape index (κ1) is 13.2. The molecular weight excluding hydrogens is 264 g/mol. The highest BCUT2D eigenvalue weighted by Gasteiger charge is 2.25. The quantitative estimate of drug-likeness (QED) is 0.502. The summed E-state index contributed by atoms with van der Waals surface area (Å²) in [5, 5.41) is 7.95. The zero-order valence-electron chi connectivity index (χ0n) is 11.4. The van der Waals surface area contributed by atoms with Gasteiger partial charge in [0.2, 0.25) is 5.96 Å². The molecule has 1 atom stereocenters. The first-order valence-corrected chi connectivity index (χ1v) is 6.70. The third-order valence-electron chi connectivity index (χ3n) is 3.30. The van der Waals surface area contributed by atoms with Gasteiger partial charge in [0.1, 0.15) is 11.9 Å². The van der Waals surface area contributed by atoms with Gasteiger partial charge in [0.15, 0.2) is 0 Å². The fourth-order valence-corrected chi connectivity index (χ4v) is 2.35. The number of nitrogens with two attached hydrogens (primary N) is 2. The van der Waals surface area contributed by atoms with E-state index in [1.165, 1.54) is 0 Å². The Morgan fingerprint density at radius 1 is 1.00 bits per heavy atom. The Balaban J connectivity index is 2.01. The molecule has 0 saturated carbocycles. The van der Waals surface area contributed by atoms with Gasteiger partial charge >= 0.3 is 0 Å². The summed E-state index contributed by atoms with van der Waals surface area (Å²) in [6, 6.07) is 17.8. The van der Waals surface area contributed by atoms with E-state index < -0.39 is 0 Å². The van der Waals surface area contributed by atoms with Gasteiger partial charge in [-0.2, -0.15) is 5.10 Å². The number of fused-ring (bicyclic) bond motifs is 1. The molecule has 3 rings (SSSR count). The molecule has 106 valence electrons. The topological polar surface area (TPSA) is 86.0 Å². The molecule has 1 aliphatic heterocycles. The van der Waals surface area contributed by atoms with Crippen molar-refractivity contribution < 1.29 is 4.74 Å². The van der Waals surface area contributed by atoms with Gasteiger partial charge in [-0.1, -0.05) is 42.5 Å². The second kappa shape index (κ2) is 5.66. The zero-order chi connectivity index (χ0) is 14.7. The lowest BCUT2D eigenvalue weighted by molar-refractivity contribution is 0.206. The first-order valence-electron chi connectivity index (χ1n) is 6.70. The number of hydrogen-bond acceptors (Lipinski definition) is 3. The van der Waals surface area contributed by atoms with Crippen molar-refractivity contribution >= 4 is 11.7 Å². The third kappa shape index (κ3) is 2.86. The van der Waals surface area contributed by atoms with E-state index in [9.17, 15) is 0 Å². The molecule has 1 aliphatic rings. The lowest BCUT2D eigenvalue weighted by Crippen LogP contribution is -2.23. The standard InChI is InChI=1S/C16H16N4O/c17-16(18)20-19-13-10-15(11-6-2-1-3-7-11)21-14-9-5-4-8-12(13)14/h1-9,15H,10H2,(H4,17,18,20). The second-order valence-electron chi connectivity index (χ2n) is 4.79. The van der Waals surface area contributed by atoms with Crippen molar-refractivity contribution in [1.82, 2.24) is 0 Å². The van der Waals surface area contributed by atoms with E-state index >= 15 is 0 Å². The lowest BCUT2D eigenvalue weighted by atomic mass is 9.96. The maximum absolute atomic E-state index is 6.06. The molecule has 5 nitrogen and oxygen atoms in total. The average Bonchev–Trinajstić information content (AvgIpc) is 2.53. The molecule has 1 unspecified atom stereocenters. The van der Waals surface area contributed by atoms with E-state index in [1.54, 1.807) is 0 Å². The van der Waals surface area contributed by atoms with Crippen LogP contribution in [0.15, 0.2) is 64.8 Å². The van der Waals surface area contributed by atoms with Crippen LogP contribution in [0.3, 0.4) is 0 Å². The van der Waals surface area contributed by atoms with Crippen LogP contribution >= 0.6 is 0 Å². The Bertz CT molecular complexity index is 690. The summed E-state index contributed by atoms with van der Waals surface area (Å²) in [7, 11) is 0. The SMILES string of the molecule is NC(N)=NN=C1CC(c2ccccc2)Oc2ccccc21. The van der Waals surface area contributed by atoms with Gasteiger partial charge in [-0.05, 0) is 17.7 Å². The second-order valence-corrected chi connectivity index (χ2v) is 4.79. The summed E-state index contributed by atoms with van der Waals surface area (Å²) in [4.78, 5) is 0. The van der Waals surface area contributed by atoms with Crippen molar-refractivity contribution in [2.24, 2.45) is 21.7 Å². The summed E-state index contributed by atoms with van der Waals surface area (Å²) in [5.41, 5.74) is 13.6. The van der Waals surface area contributed by atoms with E-state index in [-0.39, 0.29) is 12.1 Å². The van der Waals surface area contributed by atoms with Crippen LogP contribution in [0.2, 0.25) is 0 Å². The molecule has 0 bridgehead atoms. The highest BCUT2D eigenvalue weighted by molar-refractivity contribution is 6.04. The Kier molecular flexibility index (Phi) is 3.55. The minimum atomic E-state index is -0.0888. The monoisotopic (exact) mass is 280 g/mol. The number of benzene rings is 2. The Morgan fingerprint density at radius 3 is 2.48 bits per heavy atom. The zero-order valence-corrected chi connectivity index (χ0v) is 11.4. The van der Waals surface area contributed by atoms with Crippen LogP contribution in [0.4, 0.5) is 0 Å². The van der Waals surface area contributed by atoms with Crippen molar-refractivity contribution in [3.63, 3.8) is 0 Å². The van der Waals surface area contributed by atoms with Gasteiger partial charge in [0, 0.05) is 12.0 Å². The molecule has 2 aromatic rings. The van der Waals surface area contributed by atoms with Crippen LogP contribution in [-0.2, 0) is 0 Å². The summed E-state index contributed by atoms with van der Waals surface area (Å²) in [6.07, 6.45) is 0.534. The van der Waals surface area contributed by atoms with Crippen LogP contribution in [0, 0.1) is 0 Å². The van der Waals surface area contributed by atoms with Crippen LogP contribution in [-0.4, -0.2) is 11.7 Å². The van der Waals surface area contributed by atoms with Gasteiger partial charge < -0.3 is 16.2 Å². The van der Waals surface area contributed by atoms with Gasteiger partial charge in [-0.15, -0.1) is 5.10 Å². The fraction of sp³-hybridized carbons (Fsp3) is 0.125. The van der Waals surface area contributed by atoms with Gasteiger partial charge in [-0.25, -0.2) is 0 Å². The molecule has 5 heteroatoms. The third-order valence-corrected chi connectivity index (χ3v) is 3.30. The first-order chi connectivity index (χ1) is 10.2. The lowest BCUT2D eigenvalue weighted by Gasteiger charge is -2.27. The van der Waals surface area contributed by atoms with E-state index in [4.69, 9.17) is 16.2 Å². The van der Waals surface area contributed by atoms with Crippen molar-refractivity contribution in [2.45, 2.75) is 12.5 Å². The molecule has 0 aliphatic carbocycles.